The van der Waals surface area contributed by atoms with Gasteiger partial charge >= 0.3 is 0 Å². The number of nitrogens with zero attached hydrogens (tertiary/aromatic N) is 1. The summed E-state index contributed by atoms with van der Waals surface area (Å²) in [4.78, 5) is 14.1. The van der Waals surface area contributed by atoms with Gasteiger partial charge in [-0.05, 0) is 37.2 Å². The molecule has 25 heavy (non-hydrogen) atoms. The summed E-state index contributed by atoms with van der Waals surface area (Å²) in [6.45, 7) is 3.14. The highest BCUT2D eigenvalue weighted by Gasteiger charge is 2.11. The summed E-state index contributed by atoms with van der Waals surface area (Å²) in [5.41, 5.74) is 1.93. The van der Waals surface area contributed by atoms with Crippen molar-refractivity contribution in [2.45, 2.75) is 25.9 Å². The summed E-state index contributed by atoms with van der Waals surface area (Å²) < 4.78 is 18.6. The predicted octanol–water partition coefficient (Wildman–Crippen LogP) is 3.53. The number of amides is 1. The second kappa shape index (κ2) is 9.18. The van der Waals surface area contributed by atoms with Gasteiger partial charge in [-0.15, -0.1) is 0 Å². The minimum absolute atomic E-state index is 0.00381. The molecule has 2 aromatic carbocycles. The Hall–Kier alpha value is -2.40. The summed E-state index contributed by atoms with van der Waals surface area (Å²) in [6.07, 6.45) is 0.395. The third-order valence-electron chi connectivity index (χ3n) is 4.07. The minimum atomic E-state index is -0.372. The molecule has 0 spiro atoms. The van der Waals surface area contributed by atoms with E-state index >= 15 is 0 Å². The van der Waals surface area contributed by atoms with E-state index in [9.17, 15) is 9.18 Å². The van der Waals surface area contributed by atoms with Gasteiger partial charge in [-0.2, -0.15) is 0 Å². The molecule has 0 saturated carbocycles. The molecule has 0 saturated heterocycles. The minimum Gasteiger partial charge on any atom is -0.494 e. The molecule has 2 aromatic rings. The normalized spacial score (nSPS) is 12.0. The SMILES string of the molecule is COc1ccc(CN(C)CCC(=O)N[C@H](C)c2ccccc2)cc1F. The quantitative estimate of drug-likeness (QED) is 0.796. The maximum atomic E-state index is 13.7. The van der Waals surface area contributed by atoms with Crippen LogP contribution < -0.4 is 10.1 Å². The summed E-state index contributed by atoms with van der Waals surface area (Å²) in [7, 11) is 3.36. The van der Waals surface area contributed by atoms with Crippen molar-refractivity contribution in [3.8, 4) is 5.75 Å². The van der Waals surface area contributed by atoms with Crippen molar-refractivity contribution in [2.75, 3.05) is 20.7 Å². The molecule has 0 aliphatic rings. The summed E-state index contributed by atoms with van der Waals surface area (Å²) in [5.74, 6) is -0.132. The lowest BCUT2D eigenvalue weighted by molar-refractivity contribution is -0.122. The first-order valence-corrected chi connectivity index (χ1v) is 8.35. The molecule has 0 aliphatic heterocycles. The van der Waals surface area contributed by atoms with Gasteiger partial charge in [-0.1, -0.05) is 36.4 Å². The van der Waals surface area contributed by atoms with Crippen molar-refractivity contribution < 1.29 is 13.9 Å². The van der Waals surface area contributed by atoms with Gasteiger partial charge in [0.25, 0.3) is 0 Å². The molecule has 0 heterocycles. The molecule has 1 atom stereocenters. The van der Waals surface area contributed by atoms with Gasteiger partial charge in [-0.3, -0.25) is 4.79 Å². The molecule has 1 N–H and O–H groups in total. The average Bonchev–Trinajstić information content (AvgIpc) is 2.61. The number of carbonyl (C=O) groups excluding carboxylic acids is 1. The average molecular weight is 344 g/mol. The highest BCUT2D eigenvalue weighted by atomic mass is 19.1. The zero-order valence-electron chi connectivity index (χ0n) is 15.0. The van der Waals surface area contributed by atoms with Gasteiger partial charge < -0.3 is 15.0 Å². The van der Waals surface area contributed by atoms with Crippen molar-refractivity contribution >= 4 is 5.91 Å². The van der Waals surface area contributed by atoms with Crippen LogP contribution in [0.15, 0.2) is 48.5 Å². The molecule has 0 fully saturated rings. The number of carbonyl (C=O) groups is 1. The summed E-state index contributed by atoms with van der Waals surface area (Å²) in [5, 5.41) is 3.00. The number of benzene rings is 2. The third kappa shape index (κ3) is 5.87. The van der Waals surface area contributed by atoms with Gasteiger partial charge in [0, 0.05) is 19.5 Å². The monoisotopic (exact) mass is 344 g/mol. The van der Waals surface area contributed by atoms with E-state index in [1.165, 1.54) is 13.2 Å². The third-order valence-corrected chi connectivity index (χ3v) is 4.07. The molecule has 0 aliphatic carbocycles. The Labute approximate surface area is 148 Å². The van der Waals surface area contributed by atoms with E-state index < -0.39 is 0 Å². The molecule has 4 nitrogen and oxygen atoms in total. The Kier molecular flexibility index (Phi) is 6.95. The van der Waals surface area contributed by atoms with Gasteiger partial charge in [0.2, 0.25) is 5.91 Å². The second-order valence-electron chi connectivity index (χ2n) is 6.16. The van der Waals surface area contributed by atoms with E-state index in [-0.39, 0.29) is 23.5 Å². The predicted molar refractivity (Wildman–Crippen MR) is 96.9 cm³/mol. The van der Waals surface area contributed by atoms with E-state index in [4.69, 9.17) is 4.74 Å². The highest BCUT2D eigenvalue weighted by molar-refractivity contribution is 5.76. The molecule has 0 radical (unpaired) electrons. The fraction of sp³-hybridized carbons (Fsp3) is 0.350. The lowest BCUT2D eigenvalue weighted by Gasteiger charge is -2.18. The van der Waals surface area contributed by atoms with Crippen LogP contribution in [0.5, 0.6) is 5.75 Å². The first-order valence-electron chi connectivity index (χ1n) is 8.35. The first-order chi connectivity index (χ1) is 12.0. The van der Waals surface area contributed by atoms with Crippen molar-refractivity contribution in [3.63, 3.8) is 0 Å². The number of halogens is 1. The zero-order chi connectivity index (χ0) is 18.2. The Morgan fingerprint density at radius 1 is 1.24 bits per heavy atom. The number of hydrogen-bond acceptors (Lipinski definition) is 3. The molecular formula is C20H25FN2O2. The molecule has 0 unspecified atom stereocenters. The Morgan fingerprint density at radius 3 is 2.60 bits per heavy atom. The molecule has 0 aromatic heterocycles. The molecule has 1 amide bonds. The van der Waals surface area contributed by atoms with Crippen LogP contribution in [-0.2, 0) is 11.3 Å². The van der Waals surface area contributed by atoms with Gasteiger partial charge in [0.15, 0.2) is 11.6 Å². The van der Waals surface area contributed by atoms with Crippen LogP contribution in [-0.4, -0.2) is 31.5 Å². The number of methoxy groups -OCH3 is 1. The van der Waals surface area contributed by atoms with E-state index in [1.807, 2.05) is 55.3 Å². The van der Waals surface area contributed by atoms with Crippen LogP contribution in [0.25, 0.3) is 0 Å². The van der Waals surface area contributed by atoms with Crippen molar-refractivity contribution in [3.05, 3.63) is 65.5 Å². The Morgan fingerprint density at radius 2 is 1.96 bits per heavy atom. The fourth-order valence-electron chi connectivity index (χ4n) is 2.63. The van der Waals surface area contributed by atoms with Crippen LogP contribution in [0, 0.1) is 5.82 Å². The molecular weight excluding hydrogens is 319 g/mol. The molecule has 134 valence electrons. The number of ether oxygens (including phenoxy) is 1. The van der Waals surface area contributed by atoms with Crippen molar-refractivity contribution in [2.24, 2.45) is 0 Å². The lowest BCUT2D eigenvalue weighted by atomic mass is 10.1. The number of hydrogen-bond donors (Lipinski definition) is 1. The Bertz CT molecular complexity index is 691. The first kappa shape index (κ1) is 18.9. The highest BCUT2D eigenvalue weighted by Crippen LogP contribution is 2.18. The van der Waals surface area contributed by atoms with Crippen LogP contribution >= 0.6 is 0 Å². The zero-order valence-corrected chi connectivity index (χ0v) is 15.0. The summed E-state index contributed by atoms with van der Waals surface area (Å²) in [6, 6.07) is 14.8. The van der Waals surface area contributed by atoms with Gasteiger partial charge in [0.05, 0.1) is 13.2 Å². The summed E-state index contributed by atoms with van der Waals surface area (Å²) >= 11 is 0. The standard InChI is InChI=1S/C20H25FN2O2/c1-15(17-7-5-4-6-8-17)22-20(24)11-12-23(2)14-16-9-10-19(25-3)18(21)13-16/h4-10,13,15H,11-12,14H2,1-3H3,(H,22,24)/t15-/m1/s1. The number of rotatable bonds is 8. The largest absolute Gasteiger partial charge is 0.494 e. The van der Waals surface area contributed by atoms with Crippen molar-refractivity contribution in [1.29, 1.82) is 0 Å². The second-order valence-corrected chi connectivity index (χ2v) is 6.16. The Balaban J connectivity index is 1.78. The lowest BCUT2D eigenvalue weighted by Crippen LogP contribution is -2.30. The van der Waals surface area contributed by atoms with Crippen LogP contribution in [0.3, 0.4) is 0 Å². The fourth-order valence-corrected chi connectivity index (χ4v) is 2.63. The van der Waals surface area contributed by atoms with Crippen LogP contribution in [0.2, 0.25) is 0 Å². The van der Waals surface area contributed by atoms with Gasteiger partial charge in [-0.25, -0.2) is 4.39 Å². The van der Waals surface area contributed by atoms with E-state index in [0.29, 0.717) is 19.5 Å². The maximum absolute atomic E-state index is 13.7. The molecule has 5 heteroatoms. The van der Waals surface area contributed by atoms with E-state index in [2.05, 4.69) is 5.32 Å². The van der Waals surface area contributed by atoms with E-state index in [1.54, 1.807) is 6.07 Å². The molecule has 2 rings (SSSR count). The van der Waals surface area contributed by atoms with Crippen LogP contribution in [0.4, 0.5) is 4.39 Å². The smallest absolute Gasteiger partial charge is 0.221 e. The van der Waals surface area contributed by atoms with Crippen molar-refractivity contribution in [1.82, 2.24) is 10.2 Å². The number of nitrogens with one attached hydrogen (secondary N) is 1. The van der Waals surface area contributed by atoms with Gasteiger partial charge in [0.1, 0.15) is 0 Å². The van der Waals surface area contributed by atoms with E-state index in [0.717, 1.165) is 11.1 Å². The molecule has 0 bridgehead atoms. The van der Waals surface area contributed by atoms with Crippen LogP contribution in [0.1, 0.15) is 30.5 Å². The maximum Gasteiger partial charge on any atom is 0.221 e. The topological polar surface area (TPSA) is 41.6 Å².